The molecule has 4 nitrogen and oxygen atoms in total. The van der Waals surface area contributed by atoms with Crippen molar-refractivity contribution in [1.29, 1.82) is 0 Å². The van der Waals surface area contributed by atoms with E-state index in [1.165, 1.54) is 6.92 Å². The third-order valence-electron chi connectivity index (χ3n) is 1.82. The molecule has 0 radical (unpaired) electrons. The summed E-state index contributed by atoms with van der Waals surface area (Å²) < 4.78 is 0.905. The minimum absolute atomic E-state index is 0.0130. The van der Waals surface area contributed by atoms with E-state index in [1.54, 1.807) is 6.07 Å². The molecule has 0 aliphatic carbocycles. The highest BCUT2D eigenvalue weighted by atomic mass is 79.9. The van der Waals surface area contributed by atoms with E-state index in [9.17, 15) is 9.59 Å². The minimum atomic E-state index is -0.243. The van der Waals surface area contributed by atoms with Crippen LogP contribution in [0.25, 0.3) is 0 Å². The molecule has 0 aromatic heterocycles. The van der Waals surface area contributed by atoms with Gasteiger partial charge in [-0.15, -0.1) is 0 Å². The van der Waals surface area contributed by atoms with Gasteiger partial charge in [0.05, 0.1) is 6.54 Å². The van der Waals surface area contributed by atoms with Crippen LogP contribution in [0.15, 0.2) is 22.7 Å². The Morgan fingerprint density at radius 2 is 2.00 bits per heavy atom. The lowest BCUT2D eigenvalue weighted by molar-refractivity contribution is -0.122. The normalized spacial score (nSPS) is 9.69. The summed E-state index contributed by atoms with van der Waals surface area (Å²) in [6, 6.07) is 5.61. The molecule has 0 fully saturated rings. The van der Waals surface area contributed by atoms with Crippen molar-refractivity contribution >= 4 is 33.4 Å². The Bertz CT molecular complexity index is 398. The third-order valence-corrected chi connectivity index (χ3v) is 2.28. The Labute approximate surface area is 103 Å². The highest BCUT2D eigenvalue weighted by Crippen LogP contribution is 2.18. The molecule has 0 spiro atoms. The largest absolute Gasteiger partial charge is 0.347 e. The van der Waals surface area contributed by atoms with Gasteiger partial charge in [0, 0.05) is 17.1 Å². The molecule has 0 saturated carbocycles. The van der Waals surface area contributed by atoms with E-state index in [0.29, 0.717) is 5.69 Å². The Hall–Kier alpha value is -1.36. The lowest BCUT2D eigenvalue weighted by atomic mass is 10.2. The maximum Gasteiger partial charge on any atom is 0.243 e. The summed E-state index contributed by atoms with van der Waals surface area (Å²) in [5.74, 6) is -0.465. The Kier molecular flexibility index (Phi) is 4.49. The quantitative estimate of drug-likeness (QED) is 0.890. The number of halogens is 1. The summed E-state index contributed by atoms with van der Waals surface area (Å²) in [7, 11) is 0. The van der Waals surface area contributed by atoms with Crippen LogP contribution in [0.1, 0.15) is 12.5 Å². The topological polar surface area (TPSA) is 58.2 Å². The van der Waals surface area contributed by atoms with Gasteiger partial charge < -0.3 is 10.6 Å². The molecule has 16 heavy (non-hydrogen) atoms. The van der Waals surface area contributed by atoms with Crippen LogP contribution in [0.5, 0.6) is 0 Å². The van der Waals surface area contributed by atoms with E-state index in [-0.39, 0.29) is 18.4 Å². The lowest BCUT2D eigenvalue weighted by Gasteiger charge is -2.07. The van der Waals surface area contributed by atoms with Crippen molar-refractivity contribution in [3.63, 3.8) is 0 Å². The molecule has 1 rings (SSSR count). The molecule has 5 heteroatoms. The van der Waals surface area contributed by atoms with Crippen molar-refractivity contribution in [2.24, 2.45) is 0 Å². The second-order valence-electron chi connectivity index (χ2n) is 3.48. The second-order valence-corrected chi connectivity index (χ2v) is 4.39. The third kappa shape index (κ3) is 4.44. The van der Waals surface area contributed by atoms with Crippen LogP contribution in [0.4, 0.5) is 5.69 Å². The van der Waals surface area contributed by atoms with E-state index in [0.717, 1.165) is 10.0 Å². The van der Waals surface area contributed by atoms with Crippen LogP contribution in [0.2, 0.25) is 0 Å². The van der Waals surface area contributed by atoms with Gasteiger partial charge in [0.2, 0.25) is 11.8 Å². The number of hydrogen-bond acceptors (Lipinski definition) is 2. The number of rotatable bonds is 3. The van der Waals surface area contributed by atoms with E-state index in [2.05, 4.69) is 26.6 Å². The summed E-state index contributed by atoms with van der Waals surface area (Å²) in [5, 5.41) is 5.13. The van der Waals surface area contributed by atoms with Gasteiger partial charge >= 0.3 is 0 Å². The van der Waals surface area contributed by atoms with E-state index >= 15 is 0 Å². The number of aryl methyl sites for hydroxylation is 1. The minimum Gasteiger partial charge on any atom is -0.347 e. The summed E-state index contributed by atoms with van der Waals surface area (Å²) in [4.78, 5) is 22.0. The van der Waals surface area contributed by atoms with Crippen LogP contribution in [-0.2, 0) is 9.59 Å². The van der Waals surface area contributed by atoms with Crippen LogP contribution >= 0.6 is 15.9 Å². The van der Waals surface area contributed by atoms with Gasteiger partial charge in [-0.2, -0.15) is 0 Å². The molecule has 0 aliphatic heterocycles. The molecule has 0 unspecified atom stereocenters. The average molecular weight is 285 g/mol. The molecule has 0 aliphatic rings. The van der Waals surface area contributed by atoms with Crippen LogP contribution < -0.4 is 10.6 Å². The van der Waals surface area contributed by atoms with E-state index in [4.69, 9.17) is 0 Å². The molecule has 0 atom stereocenters. The van der Waals surface area contributed by atoms with Gasteiger partial charge in [-0.3, -0.25) is 9.59 Å². The second kappa shape index (κ2) is 5.65. The fourth-order valence-corrected chi connectivity index (χ4v) is 1.83. The fraction of sp³-hybridized carbons (Fsp3) is 0.273. The zero-order valence-corrected chi connectivity index (χ0v) is 10.7. The van der Waals surface area contributed by atoms with Gasteiger partial charge in [-0.25, -0.2) is 0 Å². The zero-order valence-electron chi connectivity index (χ0n) is 9.13. The summed E-state index contributed by atoms with van der Waals surface area (Å²) in [6.07, 6.45) is 0. The van der Waals surface area contributed by atoms with E-state index in [1.807, 2.05) is 19.1 Å². The van der Waals surface area contributed by atoms with Crippen molar-refractivity contribution < 1.29 is 9.59 Å². The molecule has 0 heterocycles. The van der Waals surface area contributed by atoms with Crippen LogP contribution in [-0.4, -0.2) is 18.4 Å². The van der Waals surface area contributed by atoms with Crippen LogP contribution in [0, 0.1) is 6.92 Å². The maximum absolute atomic E-state index is 11.4. The molecule has 2 amide bonds. The standard InChI is InChI=1S/C11H13BrN2O2/c1-7-3-9(12)5-10(4-7)14-11(16)6-13-8(2)15/h3-5H,6H2,1-2H3,(H,13,15)(H,14,16). The van der Waals surface area contributed by atoms with Gasteiger partial charge in [-0.05, 0) is 30.7 Å². The van der Waals surface area contributed by atoms with Crippen molar-refractivity contribution in [3.05, 3.63) is 28.2 Å². The lowest BCUT2D eigenvalue weighted by Crippen LogP contribution is -2.31. The first kappa shape index (κ1) is 12.7. The summed E-state index contributed by atoms with van der Waals surface area (Å²) in [6.45, 7) is 3.30. The molecule has 86 valence electrons. The Balaban J connectivity index is 2.59. The zero-order chi connectivity index (χ0) is 12.1. The Morgan fingerprint density at radius 1 is 1.31 bits per heavy atom. The van der Waals surface area contributed by atoms with Gasteiger partial charge in [-0.1, -0.05) is 15.9 Å². The number of carbonyl (C=O) groups excluding carboxylic acids is 2. The predicted molar refractivity (Wildman–Crippen MR) is 66.2 cm³/mol. The predicted octanol–water partition coefficient (Wildman–Crippen LogP) is 1.83. The Morgan fingerprint density at radius 3 is 2.56 bits per heavy atom. The monoisotopic (exact) mass is 284 g/mol. The molecular formula is C11H13BrN2O2. The molecule has 0 bridgehead atoms. The van der Waals surface area contributed by atoms with Crippen molar-refractivity contribution in [1.82, 2.24) is 5.32 Å². The van der Waals surface area contributed by atoms with Crippen molar-refractivity contribution in [2.75, 3.05) is 11.9 Å². The first-order chi connectivity index (χ1) is 7.47. The average Bonchev–Trinajstić information content (AvgIpc) is 2.12. The molecule has 1 aromatic carbocycles. The fourth-order valence-electron chi connectivity index (χ4n) is 1.22. The smallest absolute Gasteiger partial charge is 0.243 e. The number of benzene rings is 1. The SMILES string of the molecule is CC(=O)NCC(=O)Nc1cc(C)cc(Br)c1. The van der Waals surface area contributed by atoms with Gasteiger partial charge in [0.15, 0.2) is 0 Å². The number of hydrogen-bond donors (Lipinski definition) is 2. The number of amides is 2. The van der Waals surface area contributed by atoms with E-state index < -0.39 is 0 Å². The van der Waals surface area contributed by atoms with Gasteiger partial charge in [0.25, 0.3) is 0 Å². The summed E-state index contributed by atoms with van der Waals surface area (Å²) >= 11 is 3.34. The summed E-state index contributed by atoms with van der Waals surface area (Å²) in [5.41, 5.74) is 1.76. The highest BCUT2D eigenvalue weighted by molar-refractivity contribution is 9.10. The number of carbonyl (C=O) groups is 2. The first-order valence-electron chi connectivity index (χ1n) is 4.79. The molecular weight excluding hydrogens is 272 g/mol. The number of nitrogens with one attached hydrogen (secondary N) is 2. The molecule has 2 N–H and O–H groups in total. The van der Waals surface area contributed by atoms with Crippen molar-refractivity contribution in [3.8, 4) is 0 Å². The van der Waals surface area contributed by atoms with Crippen LogP contribution in [0.3, 0.4) is 0 Å². The van der Waals surface area contributed by atoms with Gasteiger partial charge in [0.1, 0.15) is 0 Å². The molecule has 0 saturated heterocycles. The van der Waals surface area contributed by atoms with Crippen molar-refractivity contribution in [2.45, 2.75) is 13.8 Å². The number of anilines is 1. The maximum atomic E-state index is 11.4. The highest BCUT2D eigenvalue weighted by Gasteiger charge is 2.03. The first-order valence-corrected chi connectivity index (χ1v) is 5.58. The molecule has 1 aromatic rings.